The van der Waals surface area contributed by atoms with Crippen LogP contribution in [-0.4, -0.2) is 25.8 Å². The smallest absolute Gasteiger partial charge is 0.0480 e. The molecule has 0 aromatic rings. The summed E-state index contributed by atoms with van der Waals surface area (Å²) in [5.74, 6) is 0. The summed E-state index contributed by atoms with van der Waals surface area (Å²) in [6.07, 6.45) is 6.69. The van der Waals surface area contributed by atoms with Crippen molar-refractivity contribution in [3.8, 4) is 0 Å². The normalized spacial score (nSPS) is 26.4. The molecule has 1 aliphatic heterocycles. The van der Waals surface area contributed by atoms with Crippen molar-refractivity contribution in [2.24, 2.45) is 5.41 Å². The van der Waals surface area contributed by atoms with Gasteiger partial charge in [0.05, 0.1) is 0 Å². The van der Waals surface area contributed by atoms with Crippen molar-refractivity contribution >= 4 is 12.4 Å². The van der Waals surface area contributed by atoms with E-state index >= 15 is 0 Å². The van der Waals surface area contributed by atoms with Crippen molar-refractivity contribution in [1.82, 2.24) is 5.32 Å². The van der Waals surface area contributed by atoms with Gasteiger partial charge >= 0.3 is 0 Å². The monoisotopic (exact) mass is 219 g/mol. The highest BCUT2D eigenvalue weighted by Crippen LogP contribution is 2.39. The molecule has 0 amide bonds. The van der Waals surface area contributed by atoms with Crippen LogP contribution in [0.4, 0.5) is 0 Å². The molecule has 1 aliphatic carbocycles. The van der Waals surface area contributed by atoms with E-state index in [1.807, 2.05) is 0 Å². The Morgan fingerprint density at radius 1 is 1.29 bits per heavy atom. The van der Waals surface area contributed by atoms with Crippen LogP contribution in [0.3, 0.4) is 0 Å². The first kappa shape index (κ1) is 12.3. The minimum absolute atomic E-state index is 0. The standard InChI is InChI=1S/C11H21NO.ClH/c1-11(5-2-6-11)9-12-10-3-7-13-8-4-10;/h10,12H,2-9H2,1H3;1H. The number of halogens is 1. The topological polar surface area (TPSA) is 21.3 Å². The van der Waals surface area contributed by atoms with E-state index in [0.29, 0.717) is 5.41 Å². The highest BCUT2D eigenvalue weighted by molar-refractivity contribution is 5.85. The zero-order chi connectivity index (χ0) is 9.15. The molecule has 1 saturated carbocycles. The van der Waals surface area contributed by atoms with Gasteiger partial charge in [0, 0.05) is 25.8 Å². The maximum absolute atomic E-state index is 5.33. The van der Waals surface area contributed by atoms with Crippen LogP contribution < -0.4 is 5.32 Å². The second-order valence-corrected chi connectivity index (χ2v) is 4.93. The van der Waals surface area contributed by atoms with Crippen LogP contribution in [0.1, 0.15) is 39.0 Å². The van der Waals surface area contributed by atoms with E-state index in [9.17, 15) is 0 Å². The molecule has 1 saturated heterocycles. The summed E-state index contributed by atoms with van der Waals surface area (Å²) in [5.41, 5.74) is 0.623. The molecular formula is C11H22ClNO. The first-order valence-electron chi connectivity index (χ1n) is 5.60. The molecule has 2 fully saturated rings. The third-order valence-electron chi connectivity index (χ3n) is 3.60. The largest absolute Gasteiger partial charge is 0.381 e. The van der Waals surface area contributed by atoms with E-state index in [1.54, 1.807) is 0 Å². The number of hydrogen-bond acceptors (Lipinski definition) is 2. The van der Waals surface area contributed by atoms with Crippen LogP contribution in [0.5, 0.6) is 0 Å². The summed E-state index contributed by atoms with van der Waals surface area (Å²) < 4.78 is 5.33. The molecule has 0 aromatic carbocycles. The lowest BCUT2D eigenvalue weighted by atomic mass is 9.70. The zero-order valence-corrected chi connectivity index (χ0v) is 9.87. The van der Waals surface area contributed by atoms with E-state index in [1.165, 1.54) is 38.6 Å². The number of nitrogens with one attached hydrogen (secondary N) is 1. The van der Waals surface area contributed by atoms with Crippen LogP contribution in [-0.2, 0) is 4.74 Å². The van der Waals surface area contributed by atoms with E-state index in [0.717, 1.165) is 19.3 Å². The second-order valence-electron chi connectivity index (χ2n) is 4.93. The van der Waals surface area contributed by atoms with Crippen molar-refractivity contribution in [1.29, 1.82) is 0 Å². The molecule has 2 aliphatic rings. The molecule has 14 heavy (non-hydrogen) atoms. The van der Waals surface area contributed by atoms with Crippen LogP contribution in [0, 0.1) is 5.41 Å². The lowest BCUT2D eigenvalue weighted by molar-refractivity contribution is 0.0684. The van der Waals surface area contributed by atoms with Crippen molar-refractivity contribution in [2.45, 2.75) is 45.1 Å². The average Bonchev–Trinajstić information content (AvgIpc) is 2.13. The van der Waals surface area contributed by atoms with Gasteiger partial charge in [0.25, 0.3) is 0 Å². The third kappa shape index (κ3) is 3.11. The fourth-order valence-electron chi connectivity index (χ4n) is 2.25. The Balaban J connectivity index is 0.000000980. The van der Waals surface area contributed by atoms with E-state index in [2.05, 4.69) is 12.2 Å². The molecule has 84 valence electrons. The number of ether oxygens (including phenoxy) is 1. The highest BCUT2D eigenvalue weighted by atomic mass is 35.5. The second kappa shape index (κ2) is 5.34. The van der Waals surface area contributed by atoms with Crippen LogP contribution >= 0.6 is 12.4 Å². The summed E-state index contributed by atoms with van der Waals surface area (Å²) in [7, 11) is 0. The van der Waals surface area contributed by atoms with Gasteiger partial charge in [-0.1, -0.05) is 13.3 Å². The summed E-state index contributed by atoms with van der Waals surface area (Å²) in [6, 6.07) is 0.728. The molecule has 1 heterocycles. The maximum atomic E-state index is 5.33. The maximum Gasteiger partial charge on any atom is 0.0480 e. The fourth-order valence-corrected chi connectivity index (χ4v) is 2.25. The van der Waals surface area contributed by atoms with Crippen molar-refractivity contribution in [2.75, 3.05) is 19.8 Å². The molecule has 2 nitrogen and oxygen atoms in total. The summed E-state index contributed by atoms with van der Waals surface area (Å²) >= 11 is 0. The van der Waals surface area contributed by atoms with Gasteiger partial charge in [-0.25, -0.2) is 0 Å². The van der Waals surface area contributed by atoms with Gasteiger partial charge in [0.2, 0.25) is 0 Å². The lowest BCUT2D eigenvalue weighted by Crippen LogP contribution is -2.43. The van der Waals surface area contributed by atoms with E-state index < -0.39 is 0 Å². The van der Waals surface area contributed by atoms with Crippen LogP contribution in [0.15, 0.2) is 0 Å². The summed E-state index contributed by atoms with van der Waals surface area (Å²) in [5, 5.41) is 3.68. The van der Waals surface area contributed by atoms with Gasteiger partial charge in [0.1, 0.15) is 0 Å². The zero-order valence-electron chi connectivity index (χ0n) is 9.05. The predicted octanol–water partition coefficient (Wildman–Crippen LogP) is 2.37. The van der Waals surface area contributed by atoms with E-state index in [4.69, 9.17) is 4.74 Å². The molecule has 0 atom stereocenters. The van der Waals surface area contributed by atoms with Crippen LogP contribution in [0.25, 0.3) is 0 Å². The number of hydrogen-bond donors (Lipinski definition) is 1. The summed E-state index contributed by atoms with van der Waals surface area (Å²) in [6.45, 7) is 5.53. The Hall–Kier alpha value is 0.210. The van der Waals surface area contributed by atoms with Crippen molar-refractivity contribution < 1.29 is 4.74 Å². The minimum atomic E-state index is 0. The minimum Gasteiger partial charge on any atom is -0.381 e. The Bertz CT molecular complexity index is 165. The quantitative estimate of drug-likeness (QED) is 0.787. The average molecular weight is 220 g/mol. The Morgan fingerprint density at radius 2 is 1.93 bits per heavy atom. The Morgan fingerprint density at radius 3 is 2.43 bits per heavy atom. The molecule has 0 aromatic heterocycles. The number of rotatable bonds is 3. The van der Waals surface area contributed by atoms with E-state index in [-0.39, 0.29) is 12.4 Å². The molecule has 2 rings (SSSR count). The SMILES string of the molecule is CC1(CNC2CCOCC2)CCC1.Cl. The first-order chi connectivity index (χ1) is 6.29. The molecule has 3 heteroatoms. The lowest BCUT2D eigenvalue weighted by Gasteiger charge is -2.40. The molecule has 0 radical (unpaired) electrons. The predicted molar refractivity (Wildman–Crippen MR) is 61.0 cm³/mol. The van der Waals surface area contributed by atoms with Crippen molar-refractivity contribution in [3.05, 3.63) is 0 Å². The third-order valence-corrected chi connectivity index (χ3v) is 3.60. The van der Waals surface area contributed by atoms with Gasteiger partial charge in [-0.2, -0.15) is 0 Å². The highest BCUT2D eigenvalue weighted by Gasteiger charge is 2.31. The van der Waals surface area contributed by atoms with Gasteiger partial charge in [-0.05, 0) is 31.1 Å². The first-order valence-corrected chi connectivity index (χ1v) is 5.60. The summed E-state index contributed by atoms with van der Waals surface area (Å²) in [4.78, 5) is 0. The van der Waals surface area contributed by atoms with Gasteiger partial charge in [0.15, 0.2) is 0 Å². The fraction of sp³-hybridized carbons (Fsp3) is 1.00. The Labute approximate surface area is 93.2 Å². The molecular weight excluding hydrogens is 198 g/mol. The molecule has 1 N–H and O–H groups in total. The molecule has 0 unspecified atom stereocenters. The Kier molecular flexibility index (Phi) is 4.68. The van der Waals surface area contributed by atoms with Gasteiger partial charge in [-0.3, -0.25) is 0 Å². The molecule has 0 spiro atoms. The molecule has 0 bridgehead atoms. The van der Waals surface area contributed by atoms with Crippen molar-refractivity contribution in [3.63, 3.8) is 0 Å². The van der Waals surface area contributed by atoms with Gasteiger partial charge < -0.3 is 10.1 Å². The van der Waals surface area contributed by atoms with Gasteiger partial charge in [-0.15, -0.1) is 12.4 Å². The van der Waals surface area contributed by atoms with Crippen LogP contribution in [0.2, 0.25) is 0 Å².